The Labute approximate surface area is 121 Å². The number of hydrogen-bond donors (Lipinski definition) is 2. The fraction of sp³-hybridized carbons (Fsp3) is 0.538. The number of benzene rings is 1. The number of hydrogen-bond acceptors (Lipinski definition) is 4. The summed E-state index contributed by atoms with van der Waals surface area (Å²) in [4.78, 5) is -0.738. The SMILES string of the molecule is O=S(=O)(c1ccc(NCC[C@H]2CCCN2)cc1)C(F)(F)F. The molecule has 1 aromatic rings. The van der Waals surface area contributed by atoms with E-state index in [1.807, 2.05) is 0 Å². The molecule has 0 spiro atoms. The summed E-state index contributed by atoms with van der Waals surface area (Å²) in [5.41, 5.74) is -4.66. The maximum atomic E-state index is 12.4. The molecule has 1 fully saturated rings. The third kappa shape index (κ3) is 3.88. The Bertz CT molecular complexity index is 564. The molecule has 1 aromatic carbocycles. The summed E-state index contributed by atoms with van der Waals surface area (Å²) in [6.07, 6.45) is 3.21. The summed E-state index contributed by atoms with van der Waals surface area (Å²) in [5, 5.41) is 6.42. The fourth-order valence-electron chi connectivity index (χ4n) is 2.28. The van der Waals surface area contributed by atoms with Crippen LogP contribution in [0.25, 0.3) is 0 Å². The Hall–Kier alpha value is -1.28. The molecular formula is C13H17F3N2O2S. The van der Waals surface area contributed by atoms with Crippen LogP contribution in [0.2, 0.25) is 0 Å². The van der Waals surface area contributed by atoms with Gasteiger partial charge in [-0.05, 0) is 50.1 Å². The molecule has 4 nitrogen and oxygen atoms in total. The minimum absolute atomic E-state index is 0.474. The van der Waals surface area contributed by atoms with Gasteiger partial charge < -0.3 is 10.6 Å². The molecule has 2 N–H and O–H groups in total. The van der Waals surface area contributed by atoms with E-state index < -0.39 is 20.2 Å². The van der Waals surface area contributed by atoms with Crippen molar-refractivity contribution < 1.29 is 21.6 Å². The summed E-state index contributed by atoms with van der Waals surface area (Å²) in [6, 6.07) is 5.11. The van der Waals surface area contributed by atoms with Crippen LogP contribution in [0, 0.1) is 0 Å². The van der Waals surface area contributed by atoms with Crippen LogP contribution in [-0.4, -0.2) is 33.1 Å². The number of anilines is 1. The third-order valence-corrected chi connectivity index (χ3v) is 4.96. The molecule has 8 heteroatoms. The van der Waals surface area contributed by atoms with E-state index in [4.69, 9.17) is 0 Å². The van der Waals surface area contributed by atoms with Crippen LogP contribution in [0.5, 0.6) is 0 Å². The summed E-state index contributed by atoms with van der Waals surface area (Å²) < 4.78 is 59.6. The van der Waals surface area contributed by atoms with Crippen LogP contribution in [-0.2, 0) is 9.84 Å². The molecule has 1 atom stereocenters. The van der Waals surface area contributed by atoms with Gasteiger partial charge in [-0.1, -0.05) is 0 Å². The molecule has 0 aliphatic carbocycles. The lowest BCUT2D eigenvalue weighted by Gasteiger charge is -2.12. The van der Waals surface area contributed by atoms with Gasteiger partial charge in [0.1, 0.15) is 0 Å². The highest BCUT2D eigenvalue weighted by atomic mass is 32.2. The van der Waals surface area contributed by atoms with Crippen LogP contribution >= 0.6 is 0 Å². The maximum Gasteiger partial charge on any atom is 0.501 e. The molecule has 0 amide bonds. The van der Waals surface area contributed by atoms with E-state index in [-0.39, 0.29) is 0 Å². The molecule has 118 valence electrons. The molecule has 0 unspecified atom stereocenters. The monoisotopic (exact) mass is 322 g/mol. The third-order valence-electron chi connectivity index (χ3n) is 3.45. The van der Waals surface area contributed by atoms with E-state index in [1.54, 1.807) is 0 Å². The average Bonchev–Trinajstić information content (AvgIpc) is 2.91. The van der Waals surface area contributed by atoms with Crippen molar-refractivity contribution in [3.05, 3.63) is 24.3 Å². The van der Waals surface area contributed by atoms with Gasteiger partial charge in [-0.2, -0.15) is 13.2 Å². The largest absolute Gasteiger partial charge is 0.501 e. The number of alkyl halides is 3. The highest BCUT2D eigenvalue weighted by Crippen LogP contribution is 2.30. The quantitative estimate of drug-likeness (QED) is 0.875. The number of sulfone groups is 1. The van der Waals surface area contributed by atoms with Gasteiger partial charge in [0.05, 0.1) is 4.90 Å². The van der Waals surface area contributed by atoms with Crippen molar-refractivity contribution in [1.29, 1.82) is 0 Å². The summed E-state index contributed by atoms with van der Waals surface area (Å²) >= 11 is 0. The second-order valence-corrected chi connectivity index (χ2v) is 6.92. The van der Waals surface area contributed by atoms with Gasteiger partial charge >= 0.3 is 5.51 Å². The van der Waals surface area contributed by atoms with Gasteiger partial charge in [-0.15, -0.1) is 0 Å². The molecule has 21 heavy (non-hydrogen) atoms. The second-order valence-electron chi connectivity index (χ2n) is 4.98. The summed E-state index contributed by atoms with van der Waals surface area (Å²) in [5.74, 6) is 0. The summed E-state index contributed by atoms with van der Waals surface area (Å²) in [6.45, 7) is 1.71. The molecule has 1 aliphatic heterocycles. The lowest BCUT2D eigenvalue weighted by Crippen LogP contribution is -2.24. The first kappa shape index (κ1) is 16.1. The van der Waals surface area contributed by atoms with Gasteiger partial charge in [-0.25, -0.2) is 8.42 Å². The molecule has 0 aromatic heterocycles. The zero-order valence-corrected chi connectivity index (χ0v) is 12.1. The van der Waals surface area contributed by atoms with Crippen LogP contribution < -0.4 is 10.6 Å². The van der Waals surface area contributed by atoms with Crippen molar-refractivity contribution in [1.82, 2.24) is 5.32 Å². The zero-order chi connectivity index (χ0) is 15.5. The zero-order valence-electron chi connectivity index (χ0n) is 11.3. The second kappa shape index (κ2) is 6.23. The van der Waals surface area contributed by atoms with Gasteiger partial charge in [-0.3, -0.25) is 0 Å². The Kier molecular flexibility index (Phi) is 4.77. The predicted octanol–water partition coefficient (Wildman–Crippen LogP) is 2.53. The Morgan fingerprint density at radius 1 is 1.24 bits per heavy atom. The number of rotatable bonds is 5. The molecule has 2 rings (SSSR count). The van der Waals surface area contributed by atoms with E-state index in [1.165, 1.54) is 12.1 Å². The van der Waals surface area contributed by atoms with Crippen molar-refractivity contribution in [3.8, 4) is 0 Å². The van der Waals surface area contributed by atoms with Crippen molar-refractivity contribution in [2.75, 3.05) is 18.4 Å². The standard InChI is InChI=1S/C13H17F3N2O2S/c14-13(15,16)21(19,20)12-5-3-11(4-6-12)18-9-7-10-2-1-8-17-10/h3-6,10,17-18H,1-2,7-9H2/t10-/m1/s1. The lowest BCUT2D eigenvalue weighted by atomic mass is 10.1. The fourth-order valence-corrected chi connectivity index (χ4v) is 3.04. The van der Waals surface area contributed by atoms with Crippen molar-refractivity contribution >= 4 is 15.5 Å². The first-order valence-corrected chi connectivity index (χ1v) is 8.18. The van der Waals surface area contributed by atoms with Crippen LogP contribution in [0.3, 0.4) is 0 Å². The van der Waals surface area contributed by atoms with Crippen LogP contribution in [0.1, 0.15) is 19.3 Å². The van der Waals surface area contributed by atoms with E-state index in [0.29, 0.717) is 18.3 Å². The van der Waals surface area contributed by atoms with E-state index in [9.17, 15) is 21.6 Å². The molecular weight excluding hydrogens is 305 g/mol. The first-order valence-electron chi connectivity index (χ1n) is 6.69. The molecule has 1 aliphatic rings. The first-order chi connectivity index (χ1) is 9.80. The van der Waals surface area contributed by atoms with Crippen LogP contribution in [0.15, 0.2) is 29.2 Å². The minimum Gasteiger partial charge on any atom is -0.385 e. The molecule has 1 saturated heterocycles. The smallest absolute Gasteiger partial charge is 0.385 e. The molecule has 1 heterocycles. The van der Waals surface area contributed by atoms with E-state index in [2.05, 4.69) is 10.6 Å². The van der Waals surface area contributed by atoms with E-state index >= 15 is 0 Å². The van der Waals surface area contributed by atoms with Gasteiger partial charge in [0.25, 0.3) is 9.84 Å². The van der Waals surface area contributed by atoms with Gasteiger partial charge in [0.15, 0.2) is 0 Å². The van der Waals surface area contributed by atoms with Crippen LogP contribution in [0.4, 0.5) is 18.9 Å². The maximum absolute atomic E-state index is 12.4. The molecule has 0 saturated carbocycles. The average molecular weight is 322 g/mol. The Morgan fingerprint density at radius 2 is 1.90 bits per heavy atom. The normalized spacial score (nSPS) is 19.7. The molecule has 0 radical (unpaired) electrons. The van der Waals surface area contributed by atoms with Crippen molar-refractivity contribution in [2.45, 2.75) is 35.7 Å². The Balaban J connectivity index is 1.93. The summed E-state index contributed by atoms with van der Waals surface area (Å²) in [7, 11) is -5.26. The minimum atomic E-state index is -5.27. The van der Waals surface area contributed by atoms with Crippen molar-refractivity contribution in [2.24, 2.45) is 0 Å². The highest BCUT2D eigenvalue weighted by Gasteiger charge is 2.46. The predicted molar refractivity (Wildman–Crippen MR) is 73.8 cm³/mol. The number of halogens is 3. The van der Waals surface area contributed by atoms with Gasteiger partial charge in [0.2, 0.25) is 0 Å². The lowest BCUT2D eigenvalue weighted by molar-refractivity contribution is -0.0436. The van der Waals surface area contributed by atoms with Gasteiger partial charge in [0, 0.05) is 18.3 Å². The van der Waals surface area contributed by atoms with Crippen molar-refractivity contribution in [3.63, 3.8) is 0 Å². The number of nitrogens with one attached hydrogen (secondary N) is 2. The highest BCUT2D eigenvalue weighted by molar-refractivity contribution is 7.92. The topological polar surface area (TPSA) is 58.2 Å². The van der Waals surface area contributed by atoms with E-state index in [0.717, 1.165) is 37.9 Å². The molecule has 0 bridgehead atoms. The Morgan fingerprint density at radius 3 is 2.43 bits per heavy atom.